The molecule has 0 saturated carbocycles. The van der Waals surface area contributed by atoms with Crippen molar-refractivity contribution in [2.75, 3.05) is 63.6 Å². The van der Waals surface area contributed by atoms with Gasteiger partial charge in [0.05, 0.1) is 23.0 Å². The summed E-state index contributed by atoms with van der Waals surface area (Å²) in [5.41, 5.74) is 4.34. The minimum absolute atomic E-state index is 0.279. The number of likely N-dealkylation sites (N-methyl/N-ethyl adjacent to an activating group) is 1. The Balaban J connectivity index is 1.16. The number of piperidine rings is 1. The number of rotatable bonds is 5. The zero-order valence-corrected chi connectivity index (χ0v) is 24.8. The van der Waals surface area contributed by atoms with Crippen molar-refractivity contribution in [1.82, 2.24) is 34.3 Å². The Hall–Kier alpha value is -4.35. The molecule has 2 saturated heterocycles. The van der Waals surface area contributed by atoms with Gasteiger partial charge in [-0.3, -0.25) is 4.79 Å². The standard InChI is InChI=1S/C32H36FN9O/c1-20-37-30-27(33)15-21(16-28(30)42(20)24-6-8-39(2)9-7-24)26-19-36-31-25(26)14-22(17-35-31)32(43)38-23-4-5-29(34-18-23)41-12-10-40(3)11-13-41/h4-5,14-19,24H,6-13H2,1-3H3,(H,35,36)(H,38,43). The predicted octanol–water partition coefficient (Wildman–Crippen LogP) is 4.69. The van der Waals surface area contributed by atoms with Crippen LogP contribution in [-0.2, 0) is 0 Å². The summed E-state index contributed by atoms with van der Waals surface area (Å²) in [5, 5.41) is 3.69. The summed E-state index contributed by atoms with van der Waals surface area (Å²) in [4.78, 5) is 37.0. The van der Waals surface area contributed by atoms with Crippen LogP contribution in [0.2, 0.25) is 0 Å². The molecule has 2 aliphatic rings. The number of nitrogens with one attached hydrogen (secondary N) is 2. The van der Waals surface area contributed by atoms with Crippen molar-refractivity contribution in [3.8, 4) is 11.1 Å². The highest BCUT2D eigenvalue weighted by molar-refractivity contribution is 6.07. The third-order valence-electron chi connectivity index (χ3n) is 8.92. The molecule has 0 aliphatic carbocycles. The molecule has 11 heteroatoms. The number of amides is 1. The molecule has 7 rings (SSSR count). The number of fused-ring (bicyclic) bond motifs is 2. The topological polar surface area (TPSA) is 98.2 Å². The number of aromatic nitrogens is 5. The average molecular weight is 582 g/mol. The van der Waals surface area contributed by atoms with Crippen molar-refractivity contribution in [1.29, 1.82) is 0 Å². The van der Waals surface area contributed by atoms with Crippen LogP contribution < -0.4 is 10.2 Å². The van der Waals surface area contributed by atoms with Crippen LogP contribution in [0.3, 0.4) is 0 Å². The number of piperazine rings is 1. The van der Waals surface area contributed by atoms with E-state index in [-0.39, 0.29) is 17.8 Å². The summed E-state index contributed by atoms with van der Waals surface area (Å²) in [6.45, 7) is 7.81. The number of aromatic amines is 1. The van der Waals surface area contributed by atoms with Crippen LogP contribution in [-0.4, -0.2) is 93.6 Å². The number of nitrogens with zero attached hydrogens (tertiary/aromatic N) is 7. The number of pyridine rings is 2. The molecule has 10 nitrogen and oxygen atoms in total. The number of benzene rings is 1. The molecule has 1 aromatic carbocycles. The SMILES string of the molecule is Cc1nc2c(F)cc(-c3c[nH]c4ncc(C(=O)Nc5ccc(N6CCN(C)CC6)nc5)cc34)cc2n1C1CCN(C)CC1. The molecular weight excluding hydrogens is 545 g/mol. The van der Waals surface area contributed by atoms with E-state index in [1.807, 2.05) is 31.3 Å². The monoisotopic (exact) mass is 581 g/mol. The Labute approximate surface area is 249 Å². The van der Waals surface area contributed by atoms with Gasteiger partial charge in [0, 0.05) is 55.6 Å². The fourth-order valence-electron chi connectivity index (χ4n) is 6.39. The Bertz CT molecular complexity index is 1800. The van der Waals surface area contributed by atoms with Gasteiger partial charge in [0.2, 0.25) is 0 Å². The fraction of sp³-hybridized carbons (Fsp3) is 0.375. The maximum Gasteiger partial charge on any atom is 0.257 e. The first-order valence-electron chi connectivity index (χ1n) is 14.9. The van der Waals surface area contributed by atoms with Crippen LogP contribution in [0, 0.1) is 12.7 Å². The molecule has 0 atom stereocenters. The van der Waals surface area contributed by atoms with E-state index in [4.69, 9.17) is 0 Å². The van der Waals surface area contributed by atoms with Crippen LogP contribution in [0.1, 0.15) is 35.1 Å². The lowest BCUT2D eigenvalue weighted by Crippen LogP contribution is -2.44. The maximum absolute atomic E-state index is 15.5. The van der Waals surface area contributed by atoms with E-state index in [9.17, 15) is 4.79 Å². The van der Waals surface area contributed by atoms with Gasteiger partial charge in [-0.25, -0.2) is 19.3 Å². The average Bonchev–Trinajstić information content (AvgIpc) is 3.59. The smallest absolute Gasteiger partial charge is 0.257 e. The second kappa shape index (κ2) is 11.1. The Kier molecular flexibility index (Phi) is 7.06. The van der Waals surface area contributed by atoms with Gasteiger partial charge >= 0.3 is 0 Å². The van der Waals surface area contributed by atoms with Crippen molar-refractivity contribution in [2.24, 2.45) is 0 Å². The summed E-state index contributed by atoms with van der Waals surface area (Å²) in [7, 11) is 4.25. The van der Waals surface area contributed by atoms with Crippen LogP contribution >= 0.6 is 0 Å². The molecule has 1 amide bonds. The summed E-state index contributed by atoms with van der Waals surface area (Å²) < 4.78 is 17.7. The lowest BCUT2D eigenvalue weighted by Gasteiger charge is -2.33. The first-order chi connectivity index (χ1) is 20.8. The molecule has 2 N–H and O–H groups in total. The molecule has 0 bridgehead atoms. The third kappa shape index (κ3) is 5.23. The van der Waals surface area contributed by atoms with Gasteiger partial charge < -0.3 is 29.6 Å². The lowest BCUT2D eigenvalue weighted by molar-refractivity contribution is 0.102. The third-order valence-corrected chi connectivity index (χ3v) is 8.92. The first-order valence-corrected chi connectivity index (χ1v) is 14.9. The van der Waals surface area contributed by atoms with E-state index in [0.717, 1.165) is 80.2 Å². The molecule has 0 spiro atoms. The van der Waals surface area contributed by atoms with Crippen molar-refractivity contribution >= 4 is 39.5 Å². The highest BCUT2D eigenvalue weighted by Gasteiger charge is 2.24. The molecule has 43 heavy (non-hydrogen) atoms. The molecule has 2 fully saturated rings. The number of aryl methyl sites for hydroxylation is 1. The van der Waals surface area contributed by atoms with Crippen LogP contribution in [0.25, 0.3) is 33.2 Å². The number of H-pyrrole nitrogens is 1. The highest BCUT2D eigenvalue weighted by atomic mass is 19.1. The number of carbonyl (C=O) groups is 1. The van der Waals surface area contributed by atoms with Gasteiger partial charge in [0.1, 0.15) is 22.8 Å². The molecule has 222 valence electrons. The van der Waals surface area contributed by atoms with E-state index in [2.05, 4.69) is 58.6 Å². The highest BCUT2D eigenvalue weighted by Crippen LogP contribution is 2.35. The van der Waals surface area contributed by atoms with Crippen molar-refractivity contribution in [2.45, 2.75) is 25.8 Å². The Morgan fingerprint density at radius 1 is 0.977 bits per heavy atom. The second-order valence-electron chi connectivity index (χ2n) is 11.9. The van der Waals surface area contributed by atoms with Gasteiger partial charge in [0.25, 0.3) is 5.91 Å². The molecule has 2 aliphatic heterocycles. The van der Waals surface area contributed by atoms with Crippen molar-refractivity contribution in [3.05, 3.63) is 66.1 Å². The summed E-state index contributed by atoms with van der Waals surface area (Å²) in [6.07, 6.45) is 7.06. The Morgan fingerprint density at radius 3 is 2.49 bits per heavy atom. The summed E-state index contributed by atoms with van der Waals surface area (Å²) >= 11 is 0. The van der Waals surface area contributed by atoms with Gasteiger partial charge in [0.15, 0.2) is 5.82 Å². The largest absolute Gasteiger partial charge is 0.354 e. The fourth-order valence-corrected chi connectivity index (χ4v) is 6.39. The van der Waals surface area contributed by atoms with Crippen LogP contribution in [0.4, 0.5) is 15.9 Å². The zero-order valence-electron chi connectivity index (χ0n) is 24.8. The minimum atomic E-state index is -0.356. The predicted molar refractivity (Wildman–Crippen MR) is 167 cm³/mol. The second-order valence-corrected chi connectivity index (χ2v) is 11.9. The maximum atomic E-state index is 15.5. The van der Waals surface area contributed by atoms with E-state index in [0.29, 0.717) is 28.0 Å². The van der Waals surface area contributed by atoms with E-state index in [1.165, 1.54) is 6.07 Å². The molecule has 4 aromatic heterocycles. The molecule has 0 unspecified atom stereocenters. The van der Waals surface area contributed by atoms with Gasteiger partial charge in [-0.1, -0.05) is 0 Å². The van der Waals surface area contributed by atoms with Gasteiger partial charge in [-0.2, -0.15) is 0 Å². The van der Waals surface area contributed by atoms with E-state index < -0.39 is 0 Å². The van der Waals surface area contributed by atoms with Crippen LogP contribution in [0.15, 0.2) is 48.9 Å². The van der Waals surface area contributed by atoms with Gasteiger partial charge in [-0.15, -0.1) is 0 Å². The number of hydrogen-bond donors (Lipinski definition) is 2. The number of halogens is 1. The van der Waals surface area contributed by atoms with Crippen molar-refractivity contribution < 1.29 is 9.18 Å². The molecule has 0 radical (unpaired) electrons. The summed E-state index contributed by atoms with van der Waals surface area (Å²) in [5.74, 6) is 1.09. The molecule has 5 aromatic rings. The molecular formula is C32H36FN9O. The van der Waals surface area contributed by atoms with Gasteiger partial charge in [-0.05, 0) is 82.8 Å². The normalized spacial score (nSPS) is 17.3. The number of anilines is 2. The van der Waals surface area contributed by atoms with Crippen molar-refractivity contribution in [3.63, 3.8) is 0 Å². The lowest BCUT2D eigenvalue weighted by atomic mass is 10.0. The zero-order chi connectivity index (χ0) is 29.7. The number of imidazole rings is 1. The minimum Gasteiger partial charge on any atom is -0.354 e. The Morgan fingerprint density at radius 2 is 1.74 bits per heavy atom. The number of carbonyl (C=O) groups excluding carboxylic acids is 1. The number of hydrogen-bond acceptors (Lipinski definition) is 7. The molecule has 6 heterocycles. The number of likely N-dealkylation sites (tertiary alicyclic amines) is 1. The summed E-state index contributed by atoms with van der Waals surface area (Å²) in [6, 6.07) is 9.43. The van der Waals surface area contributed by atoms with E-state index in [1.54, 1.807) is 18.5 Å². The van der Waals surface area contributed by atoms with Crippen LogP contribution in [0.5, 0.6) is 0 Å². The first kappa shape index (κ1) is 27.5. The quantitative estimate of drug-likeness (QED) is 0.311. The van der Waals surface area contributed by atoms with E-state index >= 15 is 4.39 Å².